The summed E-state index contributed by atoms with van der Waals surface area (Å²) in [7, 11) is 0. The molecule has 20 heavy (non-hydrogen) atoms. The van der Waals surface area contributed by atoms with Crippen LogP contribution < -0.4 is 5.73 Å². The third kappa shape index (κ3) is 2.96. The number of halogens is 1. The van der Waals surface area contributed by atoms with Gasteiger partial charge < -0.3 is 5.73 Å². The van der Waals surface area contributed by atoms with E-state index in [0.29, 0.717) is 5.92 Å². The molecule has 0 radical (unpaired) electrons. The summed E-state index contributed by atoms with van der Waals surface area (Å²) in [5, 5.41) is 4.70. The summed E-state index contributed by atoms with van der Waals surface area (Å²) in [6, 6.07) is 0. The molecule has 2 N–H and O–H groups in total. The highest BCUT2D eigenvalue weighted by Gasteiger charge is 2.38. The Morgan fingerprint density at radius 1 is 1.35 bits per heavy atom. The van der Waals surface area contributed by atoms with Gasteiger partial charge in [-0.05, 0) is 54.0 Å². The molecule has 1 saturated carbocycles. The Bertz CT molecular complexity index is 469. The molecular formula is C16H28BrN3. The third-order valence-corrected chi connectivity index (χ3v) is 5.91. The molecule has 114 valence electrons. The summed E-state index contributed by atoms with van der Waals surface area (Å²) in [5.74, 6) is 1.31. The van der Waals surface area contributed by atoms with Gasteiger partial charge in [0, 0.05) is 18.5 Å². The van der Waals surface area contributed by atoms with E-state index in [-0.39, 0.29) is 5.54 Å². The first-order valence-electron chi connectivity index (χ1n) is 7.94. The summed E-state index contributed by atoms with van der Waals surface area (Å²) in [6.07, 6.45) is 5.58. The van der Waals surface area contributed by atoms with Gasteiger partial charge in [0.2, 0.25) is 0 Å². The zero-order valence-corrected chi connectivity index (χ0v) is 14.8. The fourth-order valence-electron chi connectivity index (χ4n) is 3.52. The maximum Gasteiger partial charge on any atom is 0.0766 e. The minimum atomic E-state index is -0.0852. The number of rotatable bonds is 4. The highest BCUT2D eigenvalue weighted by atomic mass is 79.9. The van der Waals surface area contributed by atoms with Crippen LogP contribution in [0.15, 0.2) is 4.47 Å². The summed E-state index contributed by atoms with van der Waals surface area (Å²) in [5.41, 5.74) is 9.16. The molecule has 2 rings (SSSR count). The van der Waals surface area contributed by atoms with Gasteiger partial charge in [0.15, 0.2) is 0 Å². The molecule has 1 aromatic rings. The van der Waals surface area contributed by atoms with E-state index in [4.69, 9.17) is 10.8 Å². The van der Waals surface area contributed by atoms with Crippen molar-refractivity contribution in [1.82, 2.24) is 9.78 Å². The first-order valence-corrected chi connectivity index (χ1v) is 8.73. The van der Waals surface area contributed by atoms with Crippen LogP contribution >= 0.6 is 15.9 Å². The number of aromatic nitrogens is 2. The molecule has 1 heterocycles. The third-order valence-electron chi connectivity index (χ3n) is 4.99. The van der Waals surface area contributed by atoms with E-state index in [1.807, 2.05) is 0 Å². The average Bonchev–Trinajstić information content (AvgIpc) is 2.71. The standard InChI is InChI=1S/C16H28BrN3/c1-5-13-15(17)14(20(6-2)19-13)10-16(18)9-11(3)7-8-12(16)4/h11-12H,5-10,18H2,1-4H3. The van der Waals surface area contributed by atoms with Crippen LogP contribution in [0.1, 0.15) is 58.3 Å². The molecule has 1 aromatic heterocycles. The van der Waals surface area contributed by atoms with E-state index in [9.17, 15) is 0 Å². The Morgan fingerprint density at radius 3 is 2.65 bits per heavy atom. The lowest BCUT2D eigenvalue weighted by molar-refractivity contribution is 0.158. The highest BCUT2D eigenvalue weighted by Crippen LogP contribution is 2.38. The molecule has 0 amide bonds. The van der Waals surface area contributed by atoms with Crippen LogP contribution in [0, 0.1) is 11.8 Å². The molecule has 1 aliphatic rings. The highest BCUT2D eigenvalue weighted by molar-refractivity contribution is 9.10. The van der Waals surface area contributed by atoms with E-state index < -0.39 is 0 Å². The first kappa shape index (κ1) is 16.0. The quantitative estimate of drug-likeness (QED) is 0.901. The monoisotopic (exact) mass is 341 g/mol. The molecule has 1 fully saturated rings. The summed E-state index contributed by atoms with van der Waals surface area (Å²) in [6.45, 7) is 9.86. The SMILES string of the molecule is CCc1nn(CC)c(CC2(N)CC(C)CCC2C)c1Br. The number of hydrogen-bond donors (Lipinski definition) is 1. The maximum atomic E-state index is 6.81. The Balaban J connectivity index is 2.30. The zero-order chi connectivity index (χ0) is 14.9. The molecule has 4 heteroatoms. The first-order chi connectivity index (χ1) is 9.41. The molecule has 0 saturated heterocycles. The van der Waals surface area contributed by atoms with Gasteiger partial charge in [-0.1, -0.05) is 27.2 Å². The predicted octanol–water partition coefficient (Wildman–Crippen LogP) is 3.92. The molecular weight excluding hydrogens is 314 g/mol. The van der Waals surface area contributed by atoms with Crippen molar-refractivity contribution < 1.29 is 0 Å². The Hall–Kier alpha value is -0.350. The smallest absolute Gasteiger partial charge is 0.0766 e. The van der Waals surface area contributed by atoms with Crippen LogP contribution in [-0.2, 0) is 19.4 Å². The van der Waals surface area contributed by atoms with Gasteiger partial charge in [-0.2, -0.15) is 5.10 Å². The molecule has 1 aliphatic carbocycles. The van der Waals surface area contributed by atoms with Crippen LogP contribution in [0.25, 0.3) is 0 Å². The van der Waals surface area contributed by atoms with Gasteiger partial charge >= 0.3 is 0 Å². The van der Waals surface area contributed by atoms with E-state index in [0.717, 1.165) is 37.4 Å². The van der Waals surface area contributed by atoms with Crippen LogP contribution in [0.5, 0.6) is 0 Å². The van der Waals surface area contributed by atoms with Crippen molar-refractivity contribution in [3.63, 3.8) is 0 Å². The van der Waals surface area contributed by atoms with Gasteiger partial charge in [0.25, 0.3) is 0 Å². The Kier molecular flexibility index (Phi) is 4.96. The number of aryl methyl sites for hydroxylation is 2. The molecule has 3 nitrogen and oxygen atoms in total. The maximum absolute atomic E-state index is 6.81. The van der Waals surface area contributed by atoms with Crippen molar-refractivity contribution in [2.24, 2.45) is 17.6 Å². The van der Waals surface area contributed by atoms with Gasteiger partial charge in [0.1, 0.15) is 0 Å². The normalized spacial score (nSPS) is 30.7. The molecule has 3 unspecified atom stereocenters. The summed E-state index contributed by atoms with van der Waals surface area (Å²) >= 11 is 3.75. The minimum absolute atomic E-state index is 0.0852. The van der Waals surface area contributed by atoms with Crippen molar-refractivity contribution in [3.8, 4) is 0 Å². The topological polar surface area (TPSA) is 43.8 Å². The summed E-state index contributed by atoms with van der Waals surface area (Å²) in [4.78, 5) is 0. The second-order valence-corrected chi connectivity index (χ2v) is 7.37. The zero-order valence-electron chi connectivity index (χ0n) is 13.2. The second-order valence-electron chi connectivity index (χ2n) is 6.57. The van der Waals surface area contributed by atoms with Crippen LogP contribution in [0.2, 0.25) is 0 Å². The van der Waals surface area contributed by atoms with Crippen LogP contribution in [0.3, 0.4) is 0 Å². The van der Waals surface area contributed by atoms with Gasteiger partial charge in [-0.15, -0.1) is 0 Å². The van der Waals surface area contributed by atoms with Crippen LogP contribution in [0.4, 0.5) is 0 Å². The van der Waals surface area contributed by atoms with E-state index in [2.05, 4.69) is 48.3 Å². The van der Waals surface area contributed by atoms with Crippen molar-refractivity contribution in [3.05, 3.63) is 15.9 Å². The van der Waals surface area contributed by atoms with Crippen LogP contribution in [-0.4, -0.2) is 15.3 Å². The molecule has 0 spiro atoms. The van der Waals surface area contributed by atoms with E-state index >= 15 is 0 Å². The van der Waals surface area contributed by atoms with E-state index in [1.54, 1.807) is 0 Å². The summed E-state index contributed by atoms with van der Waals surface area (Å²) < 4.78 is 3.31. The number of hydrogen-bond acceptors (Lipinski definition) is 2. The largest absolute Gasteiger partial charge is 0.324 e. The van der Waals surface area contributed by atoms with Gasteiger partial charge in [-0.25, -0.2) is 0 Å². The van der Waals surface area contributed by atoms with Crippen molar-refractivity contribution in [1.29, 1.82) is 0 Å². The fraction of sp³-hybridized carbons (Fsp3) is 0.812. The van der Waals surface area contributed by atoms with Crippen molar-refractivity contribution in [2.45, 2.75) is 71.9 Å². The number of nitrogens with two attached hydrogens (primary N) is 1. The average molecular weight is 342 g/mol. The van der Waals surface area contributed by atoms with Crippen molar-refractivity contribution >= 4 is 15.9 Å². The lowest BCUT2D eigenvalue weighted by atomic mass is 9.68. The number of nitrogens with zero attached hydrogens (tertiary/aromatic N) is 2. The fourth-order valence-corrected chi connectivity index (χ4v) is 4.22. The Morgan fingerprint density at radius 2 is 2.05 bits per heavy atom. The predicted molar refractivity (Wildman–Crippen MR) is 87.8 cm³/mol. The Labute approximate surface area is 131 Å². The molecule has 0 aliphatic heterocycles. The van der Waals surface area contributed by atoms with Crippen molar-refractivity contribution in [2.75, 3.05) is 0 Å². The second kappa shape index (κ2) is 6.18. The molecule has 0 bridgehead atoms. The van der Waals surface area contributed by atoms with E-state index in [1.165, 1.54) is 23.0 Å². The van der Waals surface area contributed by atoms with Gasteiger partial charge in [-0.3, -0.25) is 4.68 Å². The van der Waals surface area contributed by atoms with Gasteiger partial charge in [0.05, 0.1) is 15.9 Å². The minimum Gasteiger partial charge on any atom is -0.324 e. The molecule has 3 atom stereocenters. The lowest BCUT2D eigenvalue weighted by Crippen LogP contribution is -2.52. The lowest BCUT2D eigenvalue weighted by Gasteiger charge is -2.42. The molecule has 0 aromatic carbocycles.